The van der Waals surface area contributed by atoms with Crippen LogP contribution in [0.1, 0.15) is 11.3 Å². The zero-order chi connectivity index (χ0) is 13.1. The monoisotopic (exact) mass is 314 g/mol. The molecular formula is C10H8BrFN4O2. The van der Waals surface area contributed by atoms with Gasteiger partial charge in [0.1, 0.15) is 0 Å². The van der Waals surface area contributed by atoms with Crippen molar-refractivity contribution < 1.29 is 9.31 Å². The number of nitro groups is 1. The zero-order valence-corrected chi connectivity index (χ0v) is 10.7. The number of alkyl halides is 1. The molecule has 1 aromatic carbocycles. The van der Waals surface area contributed by atoms with Crippen molar-refractivity contribution in [1.82, 2.24) is 15.0 Å². The van der Waals surface area contributed by atoms with Crippen molar-refractivity contribution in [1.29, 1.82) is 0 Å². The molecule has 2 rings (SSSR count). The average molecular weight is 315 g/mol. The predicted octanol–water partition coefficient (Wildman–Crippen LogP) is 2.27. The van der Waals surface area contributed by atoms with Crippen LogP contribution in [0.2, 0.25) is 0 Å². The number of nitro benzene ring substituents is 1. The van der Waals surface area contributed by atoms with Crippen molar-refractivity contribution in [3.05, 3.63) is 51.6 Å². The topological polar surface area (TPSA) is 73.8 Å². The van der Waals surface area contributed by atoms with Crippen LogP contribution in [0, 0.1) is 15.9 Å². The molecule has 0 atom stereocenters. The quantitative estimate of drug-likeness (QED) is 0.493. The molecule has 0 radical (unpaired) electrons. The molecule has 0 N–H and O–H groups in total. The molecule has 0 saturated heterocycles. The molecule has 0 amide bonds. The summed E-state index contributed by atoms with van der Waals surface area (Å²) in [5, 5.41) is 18.8. The van der Waals surface area contributed by atoms with Crippen LogP contribution in [-0.4, -0.2) is 19.9 Å². The first kappa shape index (κ1) is 12.6. The fraction of sp³-hybridized carbons (Fsp3) is 0.200. The van der Waals surface area contributed by atoms with E-state index in [4.69, 9.17) is 0 Å². The summed E-state index contributed by atoms with van der Waals surface area (Å²) in [6.07, 6.45) is 1.72. The van der Waals surface area contributed by atoms with E-state index in [2.05, 4.69) is 26.2 Å². The van der Waals surface area contributed by atoms with Crippen LogP contribution in [0.3, 0.4) is 0 Å². The van der Waals surface area contributed by atoms with Crippen LogP contribution >= 0.6 is 15.9 Å². The lowest BCUT2D eigenvalue weighted by molar-refractivity contribution is -0.387. The Labute approximate surface area is 110 Å². The van der Waals surface area contributed by atoms with E-state index in [9.17, 15) is 14.5 Å². The van der Waals surface area contributed by atoms with Crippen LogP contribution in [0.25, 0.3) is 0 Å². The molecule has 0 aliphatic rings. The van der Waals surface area contributed by atoms with E-state index in [0.717, 1.165) is 17.8 Å². The molecule has 6 nitrogen and oxygen atoms in total. The van der Waals surface area contributed by atoms with Gasteiger partial charge in [0.2, 0.25) is 5.82 Å². The summed E-state index contributed by atoms with van der Waals surface area (Å²) in [7, 11) is 0. The molecule has 1 aromatic heterocycles. The third-order valence-electron chi connectivity index (χ3n) is 2.28. The van der Waals surface area contributed by atoms with Gasteiger partial charge in [0, 0.05) is 17.6 Å². The van der Waals surface area contributed by atoms with Crippen LogP contribution in [0.4, 0.5) is 10.1 Å². The highest BCUT2D eigenvalue weighted by molar-refractivity contribution is 9.08. The van der Waals surface area contributed by atoms with Gasteiger partial charge in [-0.05, 0) is 11.6 Å². The number of rotatable bonds is 4. The Morgan fingerprint density at radius 1 is 1.50 bits per heavy atom. The van der Waals surface area contributed by atoms with Crippen molar-refractivity contribution >= 4 is 21.6 Å². The van der Waals surface area contributed by atoms with Crippen LogP contribution in [0.5, 0.6) is 0 Å². The molecule has 18 heavy (non-hydrogen) atoms. The van der Waals surface area contributed by atoms with E-state index in [0.29, 0.717) is 17.4 Å². The van der Waals surface area contributed by atoms with E-state index < -0.39 is 16.4 Å². The van der Waals surface area contributed by atoms with Crippen LogP contribution in [0.15, 0.2) is 24.4 Å². The maximum absolute atomic E-state index is 13.4. The second-order valence-corrected chi connectivity index (χ2v) is 4.14. The number of nitrogens with zero attached hydrogens (tertiary/aromatic N) is 4. The Balaban J connectivity index is 2.19. The first-order chi connectivity index (χ1) is 8.60. The molecule has 2 aromatic rings. The van der Waals surface area contributed by atoms with Gasteiger partial charge in [-0.2, -0.15) is 4.39 Å². The van der Waals surface area contributed by atoms with E-state index in [1.54, 1.807) is 6.20 Å². The lowest BCUT2D eigenvalue weighted by Gasteiger charge is -2.01. The average Bonchev–Trinajstić information content (AvgIpc) is 2.76. The number of aromatic nitrogens is 3. The molecule has 0 unspecified atom stereocenters. The fourth-order valence-electron chi connectivity index (χ4n) is 1.46. The minimum Gasteiger partial charge on any atom is -0.258 e. The van der Waals surface area contributed by atoms with Crippen molar-refractivity contribution in [2.75, 3.05) is 0 Å². The molecule has 0 aliphatic heterocycles. The first-order valence-corrected chi connectivity index (χ1v) is 6.10. The normalized spacial score (nSPS) is 10.6. The van der Waals surface area contributed by atoms with Gasteiger partial charge >= 0.3 is 5.69 Å². The second kappa shape index (κ2) is 5.21. The van der Waals surface area contributed by atoms with Gasteiger partial charge in [0.25, 0.3) is 0 Å². The van der Waals surface area contributed by atoms with Crippen LogP contribution in [-0.2, 0) is 11.9 Å². The Morgan fingerprint density at radius 2 is 2.28 bits per heavy atom. The lowest BCUT2D eigenvalue weighted by atomic mass is 10.2. The SMILES string of the molecule is O=[N+]([O-])c1ccc(Cn2cc(CBr)nn2)cc1F. The van der Waals surface area contributed by atoms with Gasteiger partial charge in [-0.1, -0.05) is 27.2 Å². The Bertz CT molecular complexity index is 587. The van der Waals surface area contributed by atoms with Gasteiger partial charge in [-0.3, -0.25) is 10.1 Å². The minimum absolute atomic E-state index is 0.314. The first-order valence-electron chi connectivity index (χ1n) is 4.98. The van der Waals surface area contributed by atoms with Gasteiger partial charge in [0.15, 0.2) is 0 Å². The maximum atomic E-state index is 13.4. The molecule has 0 spiro atoms. The summed E-state index contributed by atoms with van der Waals surface area (Å²) < 4.78 is 14.9. The van der Waals surface area contributed by atoms with E-state index in [1.807, 2.05) is 0 Å². The smallest absolute Gasteiger partial charge is 0.258 e. The maximum Gasteiger partial charge on any atom is 0.304 e. The van der Waals surface area contributed by atoms with Crippen molar-refractivity contribution in [3.63, 3.8) is 0 Å². The van der Waals surface area contributed by atoms with E-state index >= 15 is 0 Å². The molecule has 0 aliphatic carbocycles. The van der Waals surface area contributed by atoms with E-state index in [1.165, 1.54) is 10.7 Å². The molecular weight excluding hydrogens is 307 g/mol. The van der Waals surface area contributed by atoms with Crippen molar-refractivity contribution in [3.8, 4) is 0 Å². The standard InChI is InChI=1S/C10H8BrFN4O2/c11-4-8-6-15(14-13-8)5-7-1-2-10(16(17)18)9(12)3-7/h1-3,6H,4-5H2. The summed E-state index contributed by atoms with van der Waals surface area (Å²) >= 11 is 3.24. The third-order valence-corrected chi connectivity index (χ3v) is 2.85. The van der Waals surface area contributed by atoms with Crippen molar-refractivity contribution in [2.24, 2.45) is 0 Å². The lowest BCUT2D eigenvalue weighted by Crippen LogP contribution is -2.02. The highest BCUT2D eigenvalue weighted by Gasteiger charge is 2.13. The van der Waals surface area contributed by atoms with E-state index in [-0.39, 0.29) is 0 Å². The number of hydrogen-bond acceptors (Lipinski definition) is 4. The predicted molar refractivity (Wildman–Crippen MR) is 64.8 cm³/mol. The summed E-state index contributed by atoms with van der Waals surface area (Å²) in [6, 6.07) is 3.78. The number of halogens is 2. The third kappa shape index (κ3) is 2.70. The van der Waals surface area contributed by atoms with Crippen molar-refractivity contribution in [2.45, 2.75) is 11.9 Å². The summed E-state index contributed by atoms with van der Waals surface area (Å²) in [5.74, 6) is -0.849. The molecule has 94 valence electrons. The number of hydrogen-bond donors (Lipinski definition) is 0. The summed E-state index contributed by atoms with van der Waals surface area (Å²) in [6.45, 7) is 0.314. The molecule has 0 fully saturated rings. The Hall–Kier alpha value is -1.83. The molecule has 1 heterocycles. The second-order valence-electron chi connectivity index (χ2n) is 3.58. The molecule has 0 bridgehead atoms. The van der Waals surface area contributed by atoms with Gasteiger partial charge in [-0.15, -0.1) is 5.10 Å². The van der Waals surface area contributed by atoms with Gasteiger partial charge < -0.3 is 0 Å². The highest BCUT2D eigenvalue weighted by atomic mass is 79.9. The number of benzene rings is 1. The highest BCUT2D eigenvalue weighted by Crippen LogP contribution is 2.18. The molecule has 8 heteroatoms. The largest absolute Gasteiger partial charge is 0.304 e. The van der Waals surface area contributed by atoms with Crippen LogP contribution < -0.4 is 0 Å². The fourth-order valence-corrected chi connectivity index (χ4v) is 1.72. The Kier molecular flexibility index (Phi) is 3.66. The van der Waals surface area contributed by atoms with Gasteiger partial charge in [0.05, 0.1) is 17.2 Å². The Morgan fingerprint density at radius 3 is 2.83 bits per heavy atom. The van der Waals surface area contributed by atoms with Gasteiger partial charge in [-0.25, -0.2) is 4.68 Å². The zero-order valence-electron chi connectivity index (χ0n) is 9.08. The minimum atomic E-state index is -0.849. The summed E-state index contributed by atoms with van der Waals surface area (Å²) in [4.78, 5) is 9.71. The summed E-state index contributed by atoms with van der Waals surface area (Å²) in [5.41, 5.74) is 0.819. The molecule has 0 saturated carbocycles.